The van der Waals surface area contributed by atoms with E-state index in [9.17, 15) is 14.9 Å². The van der Waals surface area contributed by atoms with Crippen molar-refractivity contribution in [2.75, 3.05) is 6.54 Å². The molecular formula is C13H12ClN3O4. The second kappa shape index (κ2) is 6.36. The van der Waals surface area contributed by atoms with Gasteiger partial charge >= 0.3 is 0 Å². The average Bonchev–Trinajstić information content (AvgIpc) is 2.84. The molecule has 1 aromatic carbocycles. The van der Waals surface area contributed by atoms with Crippen molar-refractivity contribution >= 4 is 23.2 Å². The van der Waals surface area contributed by atoms with Crippen LogP contribution in [0.25, 0.3) is 0 Å². The van der Waals surface area contributed by atoms with Gasteiger partial charge in [-0.3, -0.25) is 14.9 Å². The molecule has 0 spiro atoms. The van der Waals surface area contributed by atoms with Gasteiger partial charge in [0.05, 0.1) is 10.6 Å². The van der Waals surface area contributed by atoms with Crippen molar-refractivity contribution in [3.63, 3.8) is 0 Å². The highest BCUT2D eigenvalue weighted by Crippen LogP contribution is 2.24. The first-order valence-corrected chi connectivity index (χ1v) is 6.49. The zero-order valence-corrected chi connectivity index (χ0v) is 11.9. The second-order valence-electron chi connectivity index (χ2n) is 4.36. The van der Waals surface area contributed by atoms with E-state index in [1.165, 1.54) is 12.1 Å². The number of amides is 1. The fraction of sp³-hybridized carbons (Fsp3) is 0.231. The van der Waals surface area contributed by atoms with Crippen LogP contribution in [0.5, 0.6) is 0 Å². The summed E-state index contributed by atoms with van der Waals surface area (Å²) >= 11 is 5.69. The lowest BCUT2D eigenvalue weighted by atomic mass is 10.2. The number of aromatic nitrogens is 1. The Balaban J connectivity index is 1.97. The molecule has 1 aromatic heterocycles. The molecule has 0 unspecified atom stereocenters. The van der Waals surface area contributed by atoms with Gasteiger partial charge in [-0.2, -0.15) is 0 Å². The van der Waals surface area contributed by atoms with Crippen LogP contribution >= 0.6 is 11.6 Å². The highest BCUT2D eigenvalue weighted by Gasteiger charge is 2.16. The Bertz CT molecular complexity index is 684. The van der Waals surface area contributed by atoms with Crippen molar-refractivity contribution in [1.82, 2.24) is 10.5 Å². The Morgan fingerprint density at radius 2 is 2.24 bits per heavy atom. The molecule has 2 rings (SSSR count). The summed E-state index contributed by atoms with van der Waals surface area (Å²) in [6, 6.07) is 5.69. The summed E-state index contributed by atoms with van der Waals surface area (Å²) in [5.74, 6) is 0.251. The van der Waals surface area contributed by atoms with Gasteiger partial charge in [-0.25, -0.2) is 0 Å². The maximum atomic E-state index is 11.9. The number of hydrogen-bond acceptors (Lipinski definition) is 5. The molecular weight excluding hydrogens is 298 g/mol. The topological polar surface area (TPSA) is 98.3 Å². The van der Waals surface area contributed by atoms with Gasteiger partial charge in [-0.15, -0.1) is 0 Å². The van der Waals surface area contributed by atoms with Crippen molar-refractivity contribution in [1.29, 1.82) is 0 Å². The van der Waals surface area contributed by atoms with Crippen molar-refractivity contribution in [2.45, 2.75) is 13.3 Å². The molecule has 0 aliphatic heterocycles. The highest BCUT2D eigenvalue weighted by atomic mass is 35.5. The molecule has 1 amide bonds. The van der Waals surface area contributed by atoms with E-state index in [2.05, 4.69) is 10.5 Å². The molecule has 21 heavy (non-hydrogen) atoms. The molecule has 0 aliphatic carbocycles. The van der Waals surface area contributed by atoms with Gasteiger partial charge in [0.1, 0.15) is 10.8 Å². The number of nitrogens with one attached hydrogen (secondary N) is 1. The van der Waals surface area contributed by atoms with E-state index in [4.69, 9.17) is 16.1 Å². The first kappa shape index (κ1) is 15.0. The van der Waals surface area contributed by atoms with Crippen LogP contribution in [0.2, 0.25) is 5.02 Å². The summed E-state index contributed by atoms with van der Waals surface area (Å²) in [5.41, 5.74) is 0.652. The van der Waals surface area contributed by atoms with Gasteiger partial charge in [-0.05, 0) is 19.1 Å². The van der Waals surface area contributed by atoms with E-state index in [0.717, 1.165) is 11.8 Å². The maximum Gasteiger partial charge on any atom is 0.288 e. The van der Waals surface area contributed by atoms with Gasteiger partial charge < -0.3 is 9.84 Å². The molecule has 0 fully saturated rings. The molecule has 2 aromatic rings. The number of rotatable bonds is 5. The van der Waals surface area contributed by atoms with E-state index in [-0.39, 0.29) is 16.3 Å². The van der Waals surface area contributed by atoms with E-state index >= 15 is 0 Å². The lowest BCUT2D eigenvalue weighted by molar-refractivity contribution is -0.384. The molecule has 1 N–H and O–H groups in total. The number of nitro groups is 1. The summed E-state index contributed by atoms with van der Waals surface area (Å²) in [4.78, 5) is 22.0. The quantitative estimate of drug-likeness (QED) is 0.676. The third-order valence-corrected chi connectivity index (χ3v) is 3.06. The first-order chi connectivity index (χ1) is 9.97. The molecule has 0 saturated heterocycles. The Kier molecular flexibility index (Phi) is 4.54. The third-order valence-electron chi connectivity index (χ3n) is 2.74. The monoisotopic (exact) mass is 309 g/mol. The number of nitrogens with zero attached hydrogens (tertiary/aromatic N) is 2. The third kappa shape index (κ3) is 3.79. The van der Waals surface area contributed by atoms with Crippen LogP contribution in [0.15, 0.2) is 28.8 Å². The Hall–Kier alpha value is -2.41. The average molecular weight is 310 g/mol. The van der Waals surface area contributed by atoms with Crippen LogP contribution in [0, 0.1) is 17.0 Å². The van der Waals surface area contributed by atoms with Crippen LogP contribution < -0.4 is 5.32 Å². The molecule has 1 heterocycles. The van der Waals surface area contributed by atoms with E-state index < -0.39 is 10.8 Å². The molecule has 0 radical (unpaired) electrons. The predicted molar refractivity (Wildman–Crippen MR) is 75.4 cm³/mol. The van der Waals surface area contributed by atoms with Crippen LogP contribution in [-0.2, 0) is 6.42 Å². The molecule has 0 saturated carbocycles. The van der Waals surface area contributed by atoms with E-state index in [0.29, 0.717) is 18.7 Å². The minimum Gasteiger partial charge on any atom is -0.361 e. The molecule has 0 aliphatic rings. The Labute approximate surface area is 125 Å². The van der Waals surface area contributed by atoms with Gasteiger partial charge in [0.25, 0.3) is 11.6 Å². The summed E-state index contributed by atoms with van der Waals surface area (Å²) in [6.45, 7) is 2.14. The highest BCUT2D eigenvalue weighted by molar-refractivity contribution is 6.32. The largest absolute Gasteiger partial charge is 0.361 e. The molecule has 110 valence electrons. The van der Waals surface area contributed by atoms with E-state index in [1.54, 1.807) is 13.0 Å². The van der Waals surface area contributed by atoms with Crippen LogP contribution in [0.3, 0.4) is 0 Å². The minimum atomic E-state index is -0.629. The van der Waals surface area contributed by atoms with Gasteiger partial charge in [-0.1, -0.05) is 16.8 Å². The van der Waals surface area contributed by atoms with Crippen LogP contribution in [-0.4, -0.2) is 22.5 Å². The van der Waals surface area contributed by atoms with Gasteiger partial charge in [0, 0.05) is 30.7 Å². The predicted octanol–water partition coefficient (Wildman–Crippen LogP) is 2.52. The van der Waals surface area contributed by atoms with Crippen LogP contribution in [0.4, 0.5) is 5.69 Å². The number of hydrogen-bond donors (Lipinski definition) is 1. The zero-order chi connectivity index (χ0) is 15.4. The zero-order valence-electron chi connectivity index (χ0n) is 11.1. The summed E-state index contributed by atoms with van der Waals surface area (Å²) < 4.78 is 5.01. The molecule has 8 heteroatoms. The standard InChI is InChI=1S/C13H12ClN3O4/c1-8-6-10(21-16-8)4-5-15-13(18)9-2-3-11(14)12(7-9)17(19)20/h2-3,6-7H,4-5H2,1H3,(H,15,18). The number of aryl methyl sites for hydroxylation is 1. The SMILES string of the molecule is Cc1cc(CCNC(=O)c2ccc(Cl)c([N+](=O)[O-])c2)on1. The Morgan fingerprint density at radius 3 is 2.86 bits per heavy atom. The maximum absolute atomic E-state index is 11.9. The second-order valence-corrected chi connectivity index (χ2v) is 4.77. The smallest absolute Gasteiger partial charge is 0.288 e. The molecule has 0 bridgehead atoms. The van der Waals surface area contributed by atoms with Gasteiger partial charge in [0.15, 0.2) is 0 Å². The summed E-state index contributed by atoms with van der Waals surface area (Å²) in [5, 5.41) is 17.1. The summed E-state index contributed by atoms with van der Waals surface area (Å²) in [7, 11) is 0. The fourth-order valence-corrected chi connectivity index (χ4v) is 1.92. The number of carbonyl (C=O) groups excluding carboxylic acids is 1. The van der Waals surface area contributed by atoms with Crippen molar-refractivity contribution in [3.8, 4) is 0 Å². The molecule has 0 atom stereocenters. The van der Waals surface area contributed by atoms with Crippen molar-refractivity contribution in [3.05, 3.63) is 56.4 Å². The Morgan fingerprint density at radius 1 is 1.48 bits per heavy atom. The number of nitro benzene ring substituents is 1. The number of carbonyl (C=O) groups is 1. The molecule has 7 nitrogen and oxygen atoms in total. The van der Waals surface area contributed by atoms with Crippen LogP contribution in [0.1, 0.15) is 21.8 Å². The minimum absolute atomic E-state index is 0.00585. The normalized spacial score (nSPS) is 10.4. The lowest BCUT2D eigenvalue weighted by Crippen LogP contribution is -2.25. The van der Waals surface area contributed by atoms with Crippen molar-refractivity contribution in [2.24, 2.45) is 0 Å². The fourth-order valence-electron chi connectivity index (χ4n) is 1.73. The lowest BCUT2D eigenvalue weighted by Gasteiger charge is -2.04. The van der Waals surface area contributed by atoms with Gasteiger partial charge in [0.2, 0.25) is 0 Å². The number of benzene rings is 1. The summed E-state index contributed by atoms with van der Waals surface area (Å²) in [6.07, 6.45) is 0.488. The van der Waals surface area contributed by atoms with Crippen molar-refractivity contribution < 1.29 is 14.2 Å². The number of halogens is 1. The van der Waals surface area contributed by atoms with E-state index in [1.807, 2.05) is 0 Å². The first-order valence-electron chi connectivity index (χ1n) is 6.11.